The van der Waals surface area contributed by atoms with E-state index in [0.29, 0.717) is 5.75 Å². The van der Waals surface area contributed by atoms with Crippen molar-refractivity contribution in [2.24, 2.45) is 4.99 Å². The summed E-state index contributed by atoms with van der Waals surface area (Å²) in [5.74, 6) is 0.316. The standard InChI is InChI=1S/C11H15NO/c1-3-6-10(12-2)9-7-4-5-8-11(9)13/h4-5,7-8,13H,3,6H2,1-2H3. The molecule has 1 rings (SSSR count). The number of aliphatic imine (C=N–C) groups is 1. The minimum Gasteiger partial charge on any atom is -0.507 e. The number of para-hydroxylation sites is 1. The molecule has 2 heteroatoms. The molecular weight excluding hydrogens is 162 g/mol. The number of hydrogen-bond donors (Lipinski definition) is 1. The summed E-state index contributed by atoms with van der Waals surface area (Å²) < 4.78 is 0. The van der Waals surface area contributed by atoms with Gasteiger partial charge in [-0.05, 0) is 18.6 Å². The van der Waals surface area contributed by atoms with Crippen molar-refractivity contribution in [3.05, 3.63) is 29.8 Å². The molecule has 0 fully saturated rings. The van der Waals surface area contributed by atoms with Crippen molar-refractivity contribution in [2.75, 3.05) is 7.05 Å². The molecule has 0 aromatic heterocycles. The second-order valence-electron chi connectivity index (χ2n) is 2.94. The number of hydrogen-bond acceptors (Lipinski definition) is 2. The molecule has 1 aromatic carbocycles. The largest absolute Gasteiger partial charge is 0.507 e. The van der Waals surface area contributed by atoms with Crippen LogP contribution in [0.5, 0.6) is 5.75 Å². The SMILES string of the molecule is CCCC(=NC)c1ccccc1O. The molecule has 0 bridgehead atoms. The van der Waals surface area contributed by atoms with Crippen LogP contribution in [0.4, 0.5) is 0 Å². The summed E-state index contributed by atoms with van der Waals surface area (Å²) in [7, 11) is 1.76. The second-order valence-corrected chi connectivity index (χ2v) is 2.94. The zero-order chi connectivity index (χ0) is 9.68. The highest BCUT2D eigenvalue weighted by Gasteiger charge is 2.05. The molecule has 0 unspecified atom stereocenters. The molecule has 0 aliphatic carbocycles. The first-order chi connectivity index (χ1) is 6.29. The van der Waals surface area contributed by atoms with Gasteiger partial charge in [0, 0.05) is 18.3 Å². The molecule has 0 saturated heterocycles. The summed E-state index contributed by atoms with van der Waals surface area (Å²) >= 11 is 0. The van der Waals surface area contributed by atoms with E-state index in [9.17, 15) is 5.11 Å². The van der Waals surface area contributed by atoms with Crippen LogP contribution in [0.2, 0.25) is 0 Å². The van der Waals surface area contributed by atoms with Gasteiger partial charge in [-0.1, -0.05) is 25.5 Å². The Morgan fingerprint density at radius 2 is 2.08 bits per heavy atom. The Morgan fingerprint density at radius 1 is 1.38 bits per heavy atom. The Labute approximate surface area is 78.9 Å². The summed E-state index contributed by atoms with van der Waals surface area (Å²) in [6.45, 7) is 2.10. The first-order valence-electron chi connectivity index (χ1n) is 4.53. The van der Waals surface area contributed by atoms with E-state index in [1.54, 1.807) is 13.1 Å². The Morgan fingerprint density at radius 3 is 2.62 bits per heavy atom. The van der Waals surface area contributed by atoms with Gasteiger partial charge in [0.15, 0.2) is 0 Å². The fraction of sp³-hybridized carbons (Fsp3) is 0.364. The molecule has 1 N–H and O–H groups in total. The molecule has 13 heavy (non-hydrogen) atoms. The van der Waals surface area contributed by atoms with Crippen LogP contribution in [-0.2, 0) is 0 Å². The van der Waals surface area contributed by atoms with Crippen molar-refractivity contribution < 1.29 is 5.11 Å². The van der Waals surface area contributed by atoms with Crippen LogP contribution < -0.4 is 0 Å². The fourth-order valence-electron chi connectivity index (χ4n) is 1.32. The lowest BCUT2D eigenvalue weighted by Crippen LogP contribution is -2.00. The predicted octanol–water partition coefficient (Wildman–Crippen LogP) is 2.61. The summed E-state index contributed by atoms with van der Waals surface area (Å²) in [5, 5.41) is 9.56. The van der Waals surface area contributed by atoms with Crippen molar-refractivity contribution in [3.8, 4) is 5.75 Å². The van der Waals surface area contributed by atoms with Gasteiger partial charge < -0.3 is 5.11 Å². The maximum atomic E-state index is 9.56. The van der Waals surface area contributed by atoms with Crippen LogP contribution >= 0.6 is 0 Å². The monoisotopic (exact) mass is 177 g/mol. The van der Waals surface area contributed by atoms with Gasteiger partial charge >= 0.3 is 0 Å². The number of rotatable bonds is 3. The second kappa shape index (κ2) is 4.65. The van der Waals surface area contributed by atoms with Crippen LogP contribution in [0.25, 0.3) is 0 Å². The molecular formula is C11H15NO. The highest BCUT2D eigenvalue weighted by molar-refractivity contribution is 6.02. The van der Waals surface area contributed by atoms with E-state index >= 15 is 0 Å². The maximum Gasteiger partial charge on any atom is 0.124 e. The van der Waals surface area contributed by atoms with Crippen molar-refractivity contribution in [3.63, 3.8) is 0 Å². The van der Waals surface area contributed by atoms with Crippen LogP contribution in [0.3, 0.4) is 0 Å². The minimum absolute atomic E-state index is 0.316. The summed E-state index contributed by atoms with van der Waals surface area (Å²) in [6.07, 6.45) is 1.95. The normalized spacial score (nSPS) is 11.7. The Hall–Kier alpha value is -1.31. The lowest BCUT2D eigenvalue weighted by molar-refractivity contribution is 0.474. The molecule has 0 aliphatic rings. The van der Waals surface area contributed by atoms with Crippen LogP contribution in [0, 0.1) is 0 Å². The summed E-state index contributed by atoms with van der Waals surface area (Å²) in [4.78, 5) is 4.17. The fourth-order valence-corrected chi connectivity index (χ4v) is 1.32. The summed E-state index contributed by atoms with van der Waals surface area (Å²) in [5.41, 5.74) is 1.83. The van der Waals surface area contributed by atoms with Gasteiger partial charge in [-0.3, -0.25) is 4.99 Å². The number of phenolic OH excluding ortho intramolecular Hbond substituents is 1. The average molecular weight is 177 g/mol. The third-order valence-corrected chi connectivity index (χ3v) is 1.97. The van der Waals surface area contributed by atoms with Crippen LogP contribution in [0.1, 0.15) is 25.3 Å². The number of aromatic hydroxyl groups is 1. The molecule has 0 amide bonds. The predicted molar refractivity (Wildman–Crippen MR) is 55.5 cm³/mol. The van der Waals surface area contributed by atoms with Gasteiger partial charge in [0.25, 0.3) is 0 Å². The first-order valence-corrected chi connectivity index (χ1v) is 4.53. The minimum atomic E-state index is 0.316. The zero-order valence-electron chi connectivity index (χ0n) is 8.12. The molecule has 0 radical (unpaired) electrons. The number of nitrogens with zero attached hydrogens (tertiary/aromatic N) is 1. The lowest BCUT2D eigenvalue weighted by atomic mass is 10.1. The van der Waals surface area contributed by atoms with E-state index in [2.05, 4.69) is 11.9 Å². The molecule has 0 aliphatic heterocycles. The van der Waals surface area contributed by atoms with Gasteiger partial charge in [-0.25, -0.2) is 0 Å². The quantitative estimate of drug-likeness (QED) is 0.707. The zero-order valence-corrected chi connectivity index (χ0v) is 8.12. The van der Waals surface area contributed by atoms with Crippen LogP contribution in [0.15, 0.2) is 29.3 Å². The van der Waals surface area contributed by atoms with E-state index in [4.69, 9.17) is 0 Å². The highest BCUT2D eigenvalue weighted by atomic mass is 16.3. The third kappa shape index (κ3) is 2.31. The first kappa shape index (κ1) is 9.78. The van der Waals surface area contributed by atoms with E-state index in [1.807, 2.05) is 18.2 Å². The van der Waals surface area contributed by atoms with Gasteiger partial charge in [0.05, 0.1) is 0 Å². The molecule has 2 nitrogen and oxygen atoms in total. The van der Waals surface area contributed by atoms with Gasteiger partial charge in [0.1, 0.15) is 5.75 Å². The lowest BCUT2D eigenvalue weighted by Gasteiger charge is -2.05. The molecule has 0 saturated carbocycles. The van der Waals surface area contributed by atoms with E-state index in [-0.39, 0.29) is 0 Å². The molecule has 0 spiro atoms. The van der Waals surface area contributed by atoms with E-state index in [0.717, 1.165) is 24.1 Å². The number of benzene rings is 1. The van der Waals surface area contributed by atoms with Crippen molar-refractivity contribution >= 4 is 5.71 Å². The van der Waals surface area contributed by atoms with Gasteiger partial charge in [0.2, 0.25) is 0 Å². The molecule has 1 aromatic rings. The molecule has 70 valence electrons. The molecule has 0 heterocycles. The Kier molecular flexibility index (Phi) is 3.50. The van der Waals surface area contributed by atoms with Gasteiger partial charge in [-0.15, -0.1) is 0 Å². The van der Waals surface area contributed by atoms with Crippen molar-refractivity contribution in [1.29, 1.82) is 0 Å². The number of phenols is 1. The summed E-state index contributed by atoms with van der Waals surface area (Å²) in [6, 6.07) is 7.32. The van der Waals surface area contributed by atoms with Gasteiger partial charge in [-0.2, -0.15) is 0 Å². The molecule has 0 atom stereocenters. The van der Waals surface area contributed by atoms with Crippen molar-refractivity contribution in [1.82, 2.24) is 0 Å². The van der Waals surface area contributed by atoms with E-state index < -0.39 is 0 Å². The average Bonchev–Trinajstić information content (AvgIpc) is 2.16. The highest BCUT2D eigenvalue weighted by Crippen LogP contribution is 2.18. The third-order valence-electron chi connectivity index (χ3n) is 1.97. The van der Waals surface area contributed by atoms with Crippen molar-refractivity contribution in [2.45, 2.75) is 19.8 Å². The van der Waals surface area contributed by atoms with Crippen LogP contribution in [-0.4, -0.2) is 17.9 Å². The van der Waals surface area contributed by atoms with E-state index in [1.165, 1.54) is 0 Å². The Balaban J connectivity index is 2.99. The Bertz CT molecular complexity index is 305. The topological polar surface area (TPSA) is 32.6 Å². The maximum absolute atomic E-state index is 9.56. The smallest absolute Gasteiger partial charge is 0.124 e.